The number of benzene rings is 1. The molecule has 2 aliphatic rings. The Labute approximate surface area is 155 Å². The zero-order chi connectivity index (χ0) is 18.4. The van der Waals surface area contributed by atoms with Crippen molar-refractivity contribution in [1.82, 2.24) is 10.2 Å². The number of hydrogen-bond donors (Lipinski definition) is 2. The highest BCUT2D eigenvalue weighted by atomic mass is 16.5. The summed E-state index contributed by atoms with van der Waals surface area (Å²) in [5, 5.41) is 6.10. The summed E-state index contributed by atoms with van der Waals surface area (Å²) in [5.41, 5.74) is 0.670. The number of amides is 3. The van der Waals surface area contributed by atoms with E-state index in [1.807, 2.05) is 24.3 Å². The predicted octanol–water partition coefficient (Wildman–Crippen LogP) is 3.39. The van der Waals surface area contributed by atoms with Crippen molar-refractivity contribution in [3.8, 4) is 5.75 Å². The molecule has 1 atom stereocenters. The van der Waals surface area contributed by atoms with Crippen LogP contribution in [0.4, 0.5) is 10.5 Å². The van der Waals surface area contributed by atoms with Crippen molar-refractivity contribution in [2.24, 2.45) is 5.92 Å². The van der Waals surface area contributed by atoms with Crippen LogP contribution in [-0.4, -0.2) is 43.1 Å². The fourth-order valence-electron chi connectivity index (χ4n) is 3.87. The van der Waals surface area contributed by atoms with Gasteiger partial charge in [0, 0.05) is 19.1 Å². The molecule has 142 valence electrons. The van der Waals surface area contributed by atoms with Crippen molar-refractivity contribution in [1.29, 1.82) is 0 Å². The summed E-state index contributed by atoms with van der Waals surface area (Å²) in [7, 11) is 1.59. The minimum Gasteiger partial charge on any atom is -0.495 e. The Morgan fingerprint density at radius 2 is 1.85 bits per heavy atom. The Balaban J connectivity index is 1.55. The molecule has 6 heteroatoms. The first-order valence-electron chi connectivity index (χ1n) is 9.66. The SMILES string of the molecule is COc1ccccc1NC(=O)[C@@H]1CCCN(C(=O)NC2CCCCC2)C1. The summed E-state index contributed by atoms with van der Waals surface area (Å²) in [6.07, 6.45) is 7.43. The van der Waals surface area contributed by atoms with Crippen LogP contribution >= 0.6 is 0 Å². The molecule has 1 saturated carbocycles. The van der Waals surface area contributed by atoms with E-state index >= 15 is 0 Å². The van der Waals surface area contributed by atoms with Crippen LogP contribution in [0.5, 0.6) is 5.75 Å². The first kappa shape index (κ1) is 18.5. The molecule has 0 radical (unpaired) electrons. The number of piperidine rings is 1. The van der Waals surface area contributed by atoms with Gasteiger partial charge in [0.15, 0.2) is 0 Å². The third kappa shape index (κ3) is 4.68. The van der Waals surface area contributed by atoms with Gasteiger partial charge in [-0.2, -0.15) is 0 Å². The topological polar surface area (TPSA) is 70.7 Å². The van der Waals surface area contributed by atoms with E-state index in [2.05, 4.69) is 10.6 Å². The third-order valence-electron chi connectivity index (χ3n) is 5.38. The number of rotatable bonds is 4. The minimum absolute atomic E-state index is 0.0216. The van der Waals surface area contributed by atoms with Gasteiger partial charge in [0.05, 0.1) is 18.7 Å². The molecule has 0 bridgehead atoms. The van der Waals surface area contributed by atoms with Crippen LogP contribution in [0.3, 0.4) is 0 Å². The second kappa shape index (κ2) is 8.92. The average Bonchev–Trinajstić information content (AvgIpc) is 2.69. The minimum atomic E-state index is -0.189. The molecule has 1 heterocycles. The summed E-state index contributed by atoms with van der Waals surface area (Å²) < 4.78 is 5.29. The van der Waals surface area contributed by atoms with Crippen LogP contribution in [0.25, 0.3) is 0 Å². The van der Waals surface area contributed by atoms with E-state index in [-0.39, 0.29) is 17.9 Å². The summed E-state index contributed by atoms with van der Waals surface area (Å²) in [6.45, 7) is 1.19. The molecule has 0 aromatic heterocycles. The Kier molecular flexibility index (Phi) is 6.36. The number of likely N-dealkylation sites (tertiary alicyclic amines) is 1. The van der Waals surface area contributed by atoms with E-state index in [1.54, 1.807) is 12.0 Å². The van der Waals surface area contributed by atoms with Crippen LogP contribution in [-0.2, 0) is 4.79 Å². The Morgan fingerprint density at radius 3 is 2.62 bits per heavy atom. The van der Waals surface area contributed by atoms with Gasteiger partial charge >= 0.3 is 6.03 Å². The molecule has 1 aromatic rings. The molecule has 1 aromatic carbocycles. The van der Waals surface area contributed by atoms with E-state index in [0.29, 0.717) is 24.0 Å². The zero-order valence-electron chi connectivity index (χ0n) is 15.5. The van der Waals surface area contributed by atoms with Gasteiger partial charge in [0.2, 0.25) is 5.91 Å². The smallest absolute Gasteiger partial charge is 0.317 e. The monoisotopic (exact) mass is 359 g/mol. The summed E-state index contributed by atoms with van der Waals surface area (Å²) in [5.74, 6) is 0.402. The molecule has 6 nitrogen and oxygen atoms in total. The first-order valence-corrected chi connectivity index (χ1v) is 9.66. The second-order valence-corrected chi connectivity index (χ2v) is 7.26. The van der Waals surface area contributed by atoms with Crippen molar-refractivity contribution in [3.05, 3.63) is 24.3 Å². The molecular weight excluding hydrogens is 330 g/mol. The van der Waals surface area contributed by atoms with Gasteiger partial charge in [-0.1, -0.05) is 31.4 Å². The summed E-state index contributed by atoms with van der Waals surface area (Å²) in [4.78, 5) is 27.0. The zero-order valence-corrected chi connectivity index (χ0v) is 15.5. The first-order chi connectivity index (χ1) is 12.7. The lowest BCUT2D eigenvalue weighted by Gasteiger charge is -2.34. The summed E-state index contributed by atoms with van der Waals surface area (Å²) in [6, 6.07) is 7.65. The van der Waals surface area contributed by atoms with Gasteiger partial charge in [0.25, 0.3) is 0 Å². The van der Waals surface area contributed by atoms with Crippen molar-refractivity contribution in [2.45, 2.75) is 51.0 Å². The molecular formula is C20H29N3O3. The van der Waals surface area contributed by atoms with Gasteiger partial charge in [-0.3, -0.25) is 4.79 Å². The van der Waals surface area contributed by atoms with E-state index in [1.165, 1.54) is 19.3 Å². The fourth-order valence-corrected chi connectivity index (χ4v) is 3.87. The van der Waals surface area contributed by atoms with Gasteiger partial charge in [-0.05, 0) is 37.8 Å². The van der Waals surface area contributed by atoms with Gasteiger partial charge in [0.1, 0.15) is 5.75 Å². The van der Waals surface area contributed by atoms with Gasteiger partial charge < -0.3 is 20.3 Å². The highest BCUT2D eigenvalue weighted by Crippen LogP contribution is 2.25. The largest absolute Gasteiger partial charge is 0.495 e. The number of urea groups is 1. The number of ether oxygens (including phenoxy) is 1. The van der Waals surface area contributed by atoms with E-state index in [4.69, 9.17) is 4.74 Å². The lowest BCUT2D eigenvalue weighted by Crippen LogP contribution is -2.50. The number of carbonyl (C=O) groups excluding carboxylic acids is 2. The highest BCUT2D eigenvalue weighted by molar-refractivity contribution is 5.94. The van der Waals surface area contributed by atoms with Crippen molar-refractivity contribution in [2.75, 3.05) is 25.5 Å². The fraction of sp³-hybridized carbons (Fsp3) is 0.600. The van der Waals surface area contributed by atoms with Crippen molar-refractivity contribution in [3.63, 3.8) is 0 Å². The lowest BCUT2D eigenvalue weighted by atomic mass is 9.95. The van der Waals surface area contributed by atoms with Crippen LogP contribution in [0.1, 0.15) is 44.9 Å². The second-order valence-electron chi connectivity index (χ2n) is 7.26. The average molecular weight is 359 g/mol. The molecule has 1 aliphatic heterocycles. The standard InChI is InChI=1S/C20H29N3O3/c1-26-18-12-6-5-11-17(18)22-19(24)15-8-7-13-23(14-15)20(25)21-16-9-3-2-4-10-16/h5-6,11-12,15-16H,2-4,7-10,13-14H2,1H3,(H,21,25)(H,22,24)/t15-/m1/s1. The van der Waals surface area contributed by atoms with Gasteiger partial charge in [-0.15, -0.1) is 0 Å². The maximum absolute atomic E-state index is 12.7. The molecule has 0 spiro atoms. The number of anilines is 1. The Bertz CT molecular complexity index is 628. The van der Waals surface area contributed by atoms with E-state index in [0.717, 1.165) is 32.2 Å². The van der Waals surface area contributed by atoms with Crippen molar-refractivity contribution >= 4 is 17.6 Å². The molecule has 2 fully saturated rings. The van der Waals surface area contributed by atoms with Crippen LogP contribution < -0.4 is 15.4 Å². The number of nitrogens with zero attached hydrogens (tertiary/aromatic N) is 1. The Hall–Kier alpha value is -2.24. The number of hydrogen-bond acceptors (Lipinski definition) is 3. The summed E-state index contributed by atoms with van der Waals surface area (Å²) >= 11 is 0. The van der Waals surface area contributed by atoms with Crippen LogP contribution in [0.15, 0.2) is 24.3 Å². The number of nitrogens with one attached hydrogen (secondary N) is 2. The number of carbonyl (C=O) groups is 2. The molecule has 1 saturated heterocycles. The van der Waals surface area contributed by atoms with E-state index in [9.17, 15) is 9.59 Å². The normalized spacial score (nSPS) is 21.1. The predicted molar refractivity (Wildman–Crippen MR) is 101 cm³/mol. The molecule has 26 heavy (non-hydrogen) atoms. The third-order valence-corrected chi connectivity index (χ3v) is 5.38. The molecule has 1 aliphatic carbocycles. The highest BCUT2D eigenvalue weighted by Gasteiger charge is 2.29. The van der Waals surface area contributed by atoms with Gasteiger partial charge in [-0.25, -0.2) is 4.79 Å². The maximum atomic E-state index is 12.7. The molecule has 3 rings (SSSR count). The Morgan fingerprint density at radius 1 is 1.08 bits per heavy atom. The van der Waals surface area contributed by atoms with Crippen LogP contribution in [0.2, 0.25) is 0 Å². The molecule has 0 unspecified atom stereocenters. The van der Waals surface area contributed by atoms with Crippen molar-refractivity contribution < 1.29 is 14.3 Å². The van der Waals surface area contributed by atoms with E-state index < -0.39 is 0 Å². The number of para-hydroxylation sites is 2. The lowest BCUT2D eigenvalue weighted by molar-refractivity contribution is -0.121. The quantitative estimate of drug-likeness (QED) is 0.866. The molecule has 3 amide bonds. The molecule has 2 N–H and O–H groups in total. The number of methoxy groups -OCH3 is 1. The van der Waals surface area contributed by atoms with Crippen LogP contribution in [0, 0.1) is 5.92 Å². The maximum Gasteiger partial charge on any atom is 0.317 e.